The van der Waals surface area contributed by atoms with Crippen molar-refractivity contribution < 1.29 is 23.9 Å². The maximum absolute atomic E-state index is 12.7. The molecule has 0 atom stereocenters. The summed E-state index contributed by atoms with van der Waals surface area (Å²) in [4.78, 5) is 38.6. The number of thiophene rings is 1. The third-order valence-electron chi connectivity index (χ3n) is 5.72. The molecule has 0 fully saturated rings. The van der Waals surface area contributed by atoms with Crippen LogP contribution in [0.2, 0.25) is 0 Å². The van der Waals surface area contributed by atoms with Crippen LogP contribution in [0.15, 0.2) is 35.5 Å². The number of aryl methyl sites for hydroxylation is 1. The van der Waals surface area contributed by atoms with E-state index in [1.54, 1.807) is 30.7 Å². The second-order valence-electron chi connectivity index (χ2n) is 8.31. The first-order valence-electron chi connectivity index (χ1n) is 12.0. The summed E-state index contributed by atoms with van der Waals surface area (Å²) in [6.07, 6.45) is 3.83. The van der Waals surface area contributed by atoms with E-state index in [9.17, 15) is 14.4 Å². The van der Waals surface area contributed by atoms with Crippen LogP contribution in [0.5, 0.6) is 5.75 Å². The average molecular weight is 544 g/mol. The number of aromatic nitrogens is 3. The van der Waals surface area contributed by atoms with E-state index < -0.39 is 0 Å². The lowest BCUT2D eigenvalue weighted by Crippen LogP contribution is -2.29. The van der Waals surface area contributed by atoms with E-state index >= 15 is 0 Å². The summed E-state index contributed by atoms with van der Waals surface area (Å²) in [5.74, 6) is 0.339. The molecule has 0 saturated carbocycles. The number of esters is 1. The minimum Gasteiger partial charge on any atom is -0.484 e. The monoisotopic (exact) mass is 543 g/mol. The van der Waals surface area contributed by atoms with E-state index in [1.165, 1.54) is 23.1 Å². The molecule has 3 aromatic rings. The van der Waals surface area contributed by atoms with Crippen molar-refractivity contribution in [1.82, 2.24) is 20.1 Å². The molecule has 1 aromatic carbocycles. The first-order chi connectivity index (χ1) is 18.0. The summed E-state index contributed by atoms with van der Waals surface area (Å²) >= 11 is 2.68. The van der Waals surface area contributed by atoms with Gasteiger partial charge < -0.3 is 24.7 Å². The lowest BCUT2D eigenvalue weighted by molar-refractivity contribution is -0.123. The number of hydrogen-bond donors (Lipinski definition) is 2. The van der Waals surface area contributed by atoms with Gasteiger partial charge >= 0.3 is 5.97 Å². The number of thioether (sulfide) groups is 1. The summed E-state index contributed by atoms with van der Waals surface area (Å²) in [5.41, 5.74) is 1.50. The summed E-state index contributed by atoms with van der Waals surface area (Å²) in [6, 6.07) is 9.09. The number of anilines is 1. The normalized spacial score (nSPS) is 12.5. The largest absolute Gasteiger partial charge is 0.484 e. The van der Waals surface area contributed by atoms with Gasteiger partial charge in [0.05, 0.1) is 24.5 Å². The quantitative estimate of drug-likeness (QED) is 0.279. The van der Waals surface area contributed by atoms with Gasteiger partial charge in [0, 0.05) is 11.9 Å². The number of amides is 2. The zero-order chi connectivity index (χ0) is 26.2. The molecule has 0 bridgehead atoms. The summed E-state index contributed by atoms with van der Waals surface area (Å²) in [5, 5.41) is 15.0. The summed E-state index contributed by atoms with van der Waals surface area (Å²) in [6.45, 7) is 2.12. The Balaban J connectivity index is 1.29. The predicted molar refractivity (Wildman–Crippen MR) is 141 cm³/mol. The van der Waals surface area contributed by atoms with Gasteiger partial charge in [-0.3, -0.25) is 9.59 Å². The van der Waals surface area contributed by atoms with Gasteiger partial charge in [0.1, 0.15) is 10.8 Å². The second-order valence-corrected chi connectivity index (χ2v) is 10.4. The molecule has 10 nitrogen and oxygen atoms in total. The van der Waals surface area contributed by atoms with E-state index in [2.05, 4.69) is 20.8 Å². The van der Waals surface area contributed by atoms with Crippen LogP contribution < -0.4 is 15.4 Å². The van der Waals surface area contributed by atoms with Gasteiger partial charge in [-0.2, -0.15) is 0 Å². The molecule has 0 radical (unpaired) electrons. The van der Waals surface area contributed by atoms with Crippen molar-refractivity contribution in [3.8, 4) is 5.75 Å². The molecule has 0 aliphatic heterocycles. The van der Waals surface area contributed by atoms with E-state index in [0.29, 0.717) is 27.3 Å². The van der Waals surface area contributed by atoms with Crippen molar-refractivity contribution in [2.24, 2.45) is 7.05 Å². The van der Waals surface area contributed by atoms with Crippen LogP contribution in [0, 0.1) is 0 Å². The Morgan fingerprint density at radius 2 is 1.89 bits per heavy atom. The summed E-state index contributed by atoms with van der Waals surface area (Å²) < 4.78 is 12.4. The SMILES string of the molecule is CCOC(=O)c1c(NC(=O)CSc2nnc(CNC(=O)COc3ccccc3)n2C)sc2c1CCCC2. The highest BCUT2D eigenvalue weighted by atomic mass is 32.2. The first kappa shape index (κ1) is 26.7. The fourth-order valence-electron chi connectivity index (χ4n) is 3.88. The zero-order valence-corrected chi connectivity index (χ0v) is 22.4. The molecule has 196 valence electrons. The first-order valence-corrected chi connectivity index (χ1v) is 13.8. The number of carbonyl (C=O) groups excluding carboxylic acids is 3. The Morgan fingerprint density at radius 3 is 2.68 bits per heavy atom. The number of benzene rings is 1. The molecule has 2 heterocycles. The Bertz CT molecular complexity index is 1260. The number of para-hydroxylation sites is 1. The lowest BCUT2D eigenvalue weighted by Gasteiger charge is -2.12. The van der Waals surface area contributed by atoms with Gasteiger partial charge in [0.15, 0.2) is 17.6 Å². The third-order valence-corrected chi connectivity index (χ3v) is 7.95. The molecule has 2 amide bonds. The molecule has 37 heavy (non-hydrogen) atoms. The van der Waals surface area contributed by atoms with Crippen LogP contribution >= 0.6 is 23.1 Å². The molecule has 4 rings (SSSR count). The van der Waals surface area contributed by atoms with Crippen LogP contribution in [0.25, 0.3) is 0 Å². The molecule has 1 aliphatic rings. The van der Waals surface area contributed by atoms with Crippen molar-refractivity contribution >= 4 is 45.9 Å². The second kappa shape index (κ2) is 12.7. The van der Waals surface area contributed by atoms with Gasteiger partial charge in [0.25, 0.3) is 5.91 Å². The zero-order valence-electron chi connectivity index (χ0n) is 20.7. The number of rotatable bonds is 11. The van der Waals surface area contributed by atoms with Crippen LogP contribution in [-0.2, 0) is 40.8 Å². The van der Waals surface area contributed by atoms with Crippen molar-refractivity contribution in [3.63, 3.8) is 0 Å². The Labute approximate surface area is 223 Å². The minimum absolute atomic E-state index is 0.0913. The Morgan fingerprint density at radius 1 is 1.11 bits per heavy atom. The van der Waals surface area contributed by atoms with E-state index in [1.807, 2.05) is 18.2 Å². The Kier molecular flexibility index (Phi) is 9.18. The van der Waals surface area contributed by atoms with Gasteiger partial charge in [-0.25, -0.2) is 4.79 Å². The maximum atomic E-state index is 12.7. The van der Waals surface area contributed by atoms with Crippen LogP contribution in [0.1, 0.15) is 46.4 Å². The van der Waals surface area contributed by atoms with Crippen molar-refractivity contribution in [2.75, 3.05) is 24.3 Å². The fourth-order valence-corrected chi connectivity index (χ4v) is 5.91. The van der Waals surface area contributed by atoms with Crippen LogP contribution in [0.4, 0.5) is 5.00 Å². The average Bonchev–Trinajstić information content (AvgIpc) is 3.45. The molecule has 2 N–H and O–H groups in total. The third kappa shape index (κ3) is 6.89. The summed E-state index contributed by atoms with van der Waals surface area (Å²) in [7, 11) is 1.77. The topological polar surface area (TPSA) is 124 Å². The molecule has 1 aliphatic carbocycles. The smallest absolute Gasteiger partial charge is 0.341 e. The van der Waals surface area contributed by atoms with Crippen molar-refractivity contribution in [2.45, 2.75) is 44.3 Å². The standard InChI is InChI=1S/C25H29N5O5S2/c1-3-34-24(33)22-17-11-7-8-12-18(17)37-23(22)27-21(32)15-36-25-29-28-19(30(25)2)13-26-20(31)14-35-16-9-5-4-6-10-16/h4-6,9-10H,3,7-8,11-15H2,1-2H3,(H,26,31)(H,27,32). The molecular weight excluding hydrogens is 514 g/mol. The van der Waals surface area contributed by atoms with Crippen LogP contribution in [-0.4, -0.2) is 51.5 Å². The van der Waals surface area contributed by atoms with Crippen molar-refractivity contribution in [1.29, 1.82) is 0 Å². The highest BCUT2D eigenvalue weighted by molar-refractivity contribution is 7.99. The Hall–Kier alpha value is -3.38. The minimum atomic E-state index is -0.390. The highest BCUT2D eigenvalue weighted by Gasteiger charge is 2.27. The van der Waals surface area contributed by atoms with Gasteiger partial charge in [-0.05, 0) is 50.3 Å². The molecule has 0 unspecified atom stereocenters. The molecule has 0 spiro atoms. The van der Waals surface area contributed by atoms with E-state index in [0.717, 1.165) is 36.1 Å². The number of carbonyl (C=O) groups is 3. The van der Waals surface area contributed by atoms with Gasteiger partial charge in [-0.1, -0.05) is 30.0 Å². The molecule has 0 saturated heterocycles. The van der Waals surface area contributed by atoms with E-state index in [-0.39, 0.29) is 43.3 Å². The number of nitrogens with zero attached hydrogens (tertiary/aromatic N) is 3. The van der Waals surface area contributed by atoms with Gasteiger partial charge in [0.2, 0.25) is 5.91 Å². The number of fused-ring (bicyclic) bond motifs is 1. The maximum Gasteiger partial charge on any atom is 0.341 e. The highest BCUT2D eigenvalue weighted by Crippen LogP contribution is 2.38. The predicted octanol–water partition coefficient (Wildman–Crippen LogP) is 3.36. The fraction of sp³-hybridized carbons (Fsp3) is 0.400. The van der Waals surface area contributed by atoms with Crippen LogP contribution in [0.3, 0.4) is 0 Å². The van der Waals surface area contributed by atoms with Gasteiger partial charge in [-0.15, -0.1) is 21.5 Å². The number of nitrogens with one attached hydrogen (secondary N) is 2. The molecular formula is C25H29N5O5S2. The number of ether oxygens (including phenoxy) is 2. The number of hydrogen-bond acceptors (Lipinski definition) is 9. The van der Waals surface area contributed by atoms with Crippen molar-refractivity contribution in [3.05, 3.63) is 52.2 Å². The van der Waals surface area contributed by atoms with E-state index in [4.69, 9.17) is 9.47 Å². The molecule has 2 aromatic heterocycles. The lowest BCUT2D eigenvalue weighted by atomic mass is 9.95. The molecule has 12 heteroatoms.